The highest BCUT2D eigenvalue weighted by Gasteiger charge is 2.10. The average Bonchev–Trinajstić information content (AvgIpc) is 2.93. The standard InChI is InChI=1S/C18H21NO/c19-10-9-14-3-1-6-18(12-14)20-13-15-7-8-16-4-2-5-17(16)11-15/h1,3,6-8,11-12H,2,4-5,9-10,13,19H2. The van der Waals surface area contributed by atoms with Crippen molar-refractivity contribution in [2.75, 3.05) is 6.54 Å². The minimum Gasteiger partial charge on any atom is -0.489 e. The van der Waals surface area contributed by atoms with E-state index in [1.807, 2.05) is 12.1 Å². The zero-order chi connectivity index (χ0) is 13.8. The summed E-state index contributed by atoms with van der Waals surface area (Å²) >= 11 is 0. The highest BCUT2D eigenvalue weighted by molar-refractivity contribution is 5.35. The van der Waals surface area contributed by atoms with Crippen LogP contribution in [0, 0.1) is 0 Å². The number of nitrogens with two attached hydrogens (primary N) is 1. The number of hydrogen-bond acceptors (Lipinski definition) is 2. The highest BCUT2D eigenvalue weighted by Crippen LogP contribution is 2.23. The molecule has 0 radical (unpaired) electrons. The summed E-state index contributed by atoms with van der Waals surface area (Å²) in [5.74, 6) is 0.927. The molecule has 0 saturated heterocycles. The maximum Gasteiger partial charge on any atom is 0.120 e. The van der Waals surface area contributed by atoms with Crippen LogP contribution in [0.3, 0.4) is 0 Å². The molecule has 2 nitrogen and oxygen atoms in total. The number of fused-ring (bicyclic) bond motifs is 1. The van der Waals surface area contributed by atoms with Crippen LogP contribution in [0.25, 0.3) is 0 Å². The van der Waals surface area contributed by atoms with Gasteiger partial charge in [0.05, 0.1) is 0 Å². The van der Waals surface area contributed by atoms with E-state index in [0.717, 1.165) is 12.2 Å². The van der Waals surface area contributed by atoms with Gasteiger partial charge in [0.25, 0.3) is 0 Å². The summed E-state index contributed by atoms with van der Waals surface area (Å²) in [5.41, 5.74) is 11.1. The van der Waals surface area contributed by atoms with Crippen LogP contribution in [0.5, 0.6) is 5.75 Å². The molecule has 104 valence electrons. The van der Waals surface area contributed by atoms with E-state index in [0.29, 0.717) is 13.2 Å². The quantitative estimate of drug-likeness (QED) is 0.902. The van der Waals surface area contributed by atoms with Gasteiger partial charge < -0.3 is 10.5 Å². The lowest BCUT2D eigenvalue weighted by Gasteiger charge is -2.09. The summed E-state index contributed by atoms with van der Waals surface area (Å²) in [4.78, 5) is 0. The van der Waals surface area contributed by atoms with Gasteiger partial charge in [-0.1, -0.05) is 30.3 Å². The zero-order valence-corrected chi connectivity index (χ0v) is 11.8. The van der Waals surface area contributed by atoms with Crippen molar-refractivity contribution in [1.82, 2.24) is 0 Å². The Labute approximate surface area is 120 Å². The van der Waals surface area contributed by atoms with Gasteiger partial charge in [0, 0.05) is 0 Å². The number of ether oxygens (including phenoxy) is 1. The van der Waals surface area contributed by atoms with Crippen molar-refractivity contribution in [3.05, 3.63) is 64.7 Å². The highest BCUT2D eigenvalue weighted by atomic mass is 16.5. The molecule has 1 aliphatic carbocycles. The van der Waals surface area contributed by atoms with E-state index < -0.39 is 0 Å². The Morgan fingerprint density at radius 3 is 2.75 bits per heavy atom. The van der Waals surface area contributed by atoms with Crippen molar-refractivity contribution in [2.45, 2.75) is 32.3 Å². The smallest absolute Gasteiger partial charge is 0.120 e. The molecule has 0 saturated carbocycles. The largest absolute Gasteiger partial charge is 0.489 e. The van der Waals surface area contributed by atoms with Gasteiger partial charge >= 0.3 is 0 Å². The second-order valence-corrected chi connectivity index (χ2v) is 5.43. The molecule has 0 heterocycles. The number of rotatable bonds is 5. The summed E-state index contributed by atoms with van der Waals surface area (Å²) in [5, 5.41) is 0. The predicted molar refractivity (Wildman–Crippen MR) is 82.0 cm³/mol. The summed E-state index contributed by atoms with van der Waals surface area (Å²) < 4.78 is 5.90. The van der Waals surface area contributed by atoms with Crippen LogP contribution in [-0.2, 0) is 25.9 Å². The first-order valence-corrected chi connectivity index (χ1v) is 7.37. The molecule has 2 aromatic carbocycles. The Balaban J connectivity index is 1.65. The van der Waals surface area contributed by atoms with Crippen LogP contribution < -0.4 is 10.5 Å². The first kappa shape index (κ1) is 13.2. The molecule has 1 aliphatic rings. The minimum absolute atomic E-state index is 0.638. The van der Waals surface area contributed by atoms with Crippen molar-refractivity contribution < 1.29 is 4.74 Å². The minimum atomic E-state index is 0.638. The monoisotopic (exact) mass is 267 g/mol. The normalized spacial score (nSPS) is 13.2. The van der Waals surface area contributed by atoms with Crippen LogP contribution in [0.2, 0.25) is 0 Å². The van der Waals surface area contributed by atoms with E-state index in [1.165, 1.54) is 41.5 Å². The fourth-order valence-electron chi connectivity index (χ4n) is 2.84. The third-order valence-corrected chi connectivity index (χ3v) is 3.90. The van der Waals surface area contributed by atoms with Crippen molar-refractivity contribution in [3.63, 3.8) is 0 Å². The molecule has 0 unspecified atom stereocenters. The molecule has 0 aromatic heterocycles. The second-order valence-electron chi connectivity index (χ2n) is 5.43. The van der Waals surface area contributed by atoms with Crippen molar-refractivity contribution >= 4 is 0 Å². The number of hydrogen-bond donors (Lipinski definition) is 1. The Morgan fingerprint density at radius 1 is 0.950 bits per heavy atom. The van der Waals surface area contributed by atoms with E-state index in [-0.39, 0.29) is 0 Å². The van der Waals surface area contributed by atoms with Gasteiger partial charge in [0.15, 0.2) is 0 Å². The third-order valence-electron chi connectivity index (χ3n) is 3.90. The number of benzene rings is 2. The number of aryl methyl sites for hydroxylation is 2. The summed E-state index contributed by atoms with van der Waals surface area (Å²) in [6.45, 7) is 1.31. The molecule has 0 fully saturated rings. The van der Waals surface area contributed by atoms with Crippen LogP contribution in [0.15, 0.2) is 42.5 Å². The van der Waals surface area contributed by atoms with E-state index in [9.17, 15) is 0 Å². The molecule has 2 N–H and O–H groups in total. The van der Waals surface area contributed by atoms with Crippen LogP contribution in [-0.4, -0.2) is 6.54 Å². The molecule has 2 aromatic rings. The zero-order valence-electron chi connectivity index (χ0n) is 11.8. The Bertz CT molecular complexity index is 592. The van der Waals surface area contributed by atoms with Crippen LogP contribution >= 0.6 is 0 Å². The predicted octanol–water partition coefficient (Wildman–Crippen LogP) is 3.26. The first-order valence-electron chi connectivity index (χ1n) is 7.37. The molecule has 2 heteroatoms. The van der Waals surface area contributed by atoms with Crippen molar-refractivity contribution in [1.29, 1.82) is 0 Å². The lowest BCUT2D eigenvalue weighted by atomic mass is 10.1. The van der Waals surface area contributed by atoms with E-state index in [2.05, 4.69) is 30.3 Å². The van der Waals surface area contributed by atoms with Gasteiger partial charge in [-0.25, -0.2) is 0 Å². The molecular formula is C18H21NO. The summed E-state index contributed by atoms with van der Waals surface area (Å²) in [7, 11) is 0. The van der Waals surface area contributed by atoms with E-state index in [1.54, 1.807) is 0 Å². The Hall–Kier alpha value is -1.80. The van der Waals surface area contributed by atoms with Crippen molar-refractivity contribution in [3.8, 4) is 5.75 Å². The molecule has 0 spiro atoms. The molecule has 20 heavy (non-hydrogen) atoms. The summed E-state index contributed by atoms with van der Waals surface area (Å²) in [6, 6.07) is 15.0. The van der Waals surface area contributed by atoms with Gasteiger partial charge in [0.2, 0.25) is 0 Å². The average molecular weight is 267 g/mol. The summed E-state index contributed by atoms with van der Waals surface area (Å²) in [6.07, 6.45) is 4.64. The molecule has 0 aliphatic heterocycles. The molecule has 0 bridgehead atoms. The molecular weight excluding hydrogens is 246 g/mol. The maximum atomic E-state index is 5.90. The topological polar surface area (TPSA) is 35.2 Å². The Kier molecular flexibility index (Phi) is 4.03. The fourth-order valence-corrected chi connectivity index (χ4v) is 2.84. The lowest BCUT2D eigenvalue weighted by Crippen LogP contribution is -2.03. The second kappa shape index (κ2) is 6.10. The Morgan fingerprint density at radius 2 is 1.85 bits per heavy atom. The van der Waals surface area contributed by atoms with E-state index >= 15 is 0 Å². The van der Waals surface area contributed by atoms with Gasteiger partial charge in [-0.05, 0) is 66.6 Å². The van der Waals surface area contributed by atoms with Gasteiger partial charge in [-0.2, -0.15) is 0 Å². The SMILES string of the molecule is NCCc1cccc(OCc2ccc3c(c2)CCC3)c1. The first-order chi connectivity index (χ1) is 9.85. The molecule has 0 atom stereocenters. The van der Waals surface area contributed by atoms with Gasteiger partial charge in [-0.15, -0.1) is 0 Å². The third kappa shape index (κ3) is 3.02. The fraction of sp³-hybridized carbons (Fsp3) is 0.333. The molecule has 3 rings (SSSR count). The van der Waals surface area contributed by atoms with Crippen molar-refractivity contribution in [2.24, 2.45) is 5.73 Å². The van der Waals surface area contributed by atoms with Crippen LogP contribution in [0.4, 0.5) is 0 Å². The van der Waals surface area contributed by atoms with Crippen LogP contribution in [0.1, 0.15) is 28.7 Å². The molecule has 0 amide bonds. The van der Waals surface area contributed by atoms with Gasteiger partial charge in [0.1, 0.15) is 12.4 Å². The lowest BCUT2D eigenvalue weighted by molar-refractivity contribution is 0.306. The van der Waals surface area contributed by atoms with E-state index in [4.69, 9.17) is 10.5 Å². The maximum absolute atomic E-state index is 5.90. The van der Waals surface area contributed by atoms with Gasteiger partial charge in [-0.3, -0.25) is 0 Å².